The second kappa shape index (κ2) is 6.52. The second-order valence-electron chi connectivity index (χ2n) is 4.42. The predicted octanol–water partition coefficient (Wildman–Crippen LogP) is 1.74. The van der Waals surface area contributed by atoms with Crippen molar-refractivity contribution in [1.29, 1.82) is 0 Å². The van der Waals surface area contributed by atoms with Crippen LogP contribution in [0.5, 0.6) is 0 Å². The number of methoxy groups -OCH3 is 1. The number of carbonyl (C=O) groups excluding carboxylic acids is 1. The normalized spacial score (nSPS) is 14.8. The van der Waals surface area contributed by atoms with Crippen molar-refractivity contribution < 1.29 is 23.1 Å². The molecule has 1 rings (SSSR count). The molecule has 114 valence electrons. The van der Waals surface area contributed by atoms with Gasteiger partial charge in [0.1, 0.15) is 9.77 Å². The quantitative estimate of drug-likeness (QED) is 0.727. The summed E-state index contributed by atoms with van der Waals surface area (Å²) >= 11 is 4.11. The number of ether oxygens (including phenoxy) is 1. The number of rotatable bonds is 6. The molecule has 1 unspecified atom stereocenters. The predicted molar refractivity (Wildman–Crippen MR) is 79.5 cm³/mol. The molecule has 9 heteroatoms. The average molecular weight is 386 g/mol. The zero-order chi connectivity index (χ0) is 15.6. The Morgan fingerprint density at radius 1 is 1.60 bits per heavy atom. The van der Waals surface area contributed by atoms with E-state index in [2.05, 4.69) is 25.4 Å². The van der Waals surface area contributed by atoms with E-state index < -0.39 is 21.5 Å². The summed E-state index contributed by atoms with van der Waals surface area (Å²) in [4.78, 5) is 11.6. The van der Waals surface area contributed by atoms with Crippen LogP contribution in [-0.2, 0) is 14.8 Å². The first-order chi connectivity index (χ1) is 9.19. The highest BCUT2D eigenvalue weighted by molar-refractivity contribution is 9.11. The zero-order valence-electron chi connectivity index (χ0n) is 11.3. The molecule has 0 saturated carbocycles. The Hall–Kier alpha value is -0.480. The number of hydrogen-bond acceptors (Lipinski definition) is 6. The van der Waals surface area contributed by atoms with Crippen molar-refractivity contribution in [3.05, 3.63) is 14.7 Å². The molecule has 20 heavy (non-hydrogen) atoms. The minimum Gasteiger partial charge on any atom is -0.465 e. The van der Waals surface area contributed by atoms with Crippen molar-refractivity contribution in [3.63, 3.8) is 0 Å². The highest BCUT2D eigenvalue weighted by Gasteiger charge is 2.31. The number of thiophene rings is 1. The van der Waals surface area contributed by atoms with Crippen molar-refractivity contribution in [2.75, 3.05) is 13.7 Å². The van der Waals surface area contributed by atoms with Gasteiger partial charge in [-0.1, -0.05) is 6.92 Å². The van der Waals surface area contributed by atoms with Crippen LogP contribution >= 0.6 is 27.3 Å². The van der Waals surface area contributed by atoms with Crippen molar-refractivity contribution in [2.24, 2.45) is 0 Å². The molecule has 1 heterocycles. The van der Waals surface area contributed by atoms with Crippen molar-refractivity contribution in [2.45, 2.75) is 30.7 Å². The van der Waals surface area contributed by atoms with E-state index in [1.807, 2.05) is 0 Å². The standard InChI is InChI=1S/C11H16BrNO5S2/c1-4-11(2,6-14)13-20(16,17)8-5-7(10(15)18-3)19-9(8)12/h5,13-14H,4,6H2,1-3H3. The number of hydrogen-bond donors (Lipinski definition) is 2. The van der Waals surface area contributed by atoms with E-state index in [4.69, 9.17) is 0 Å². The van der Waals surface area contributed by atoms with E-state index in [9.17, 15) is 18.3 Å². The van der Waals surface area contributed by atoms with Gasteiger partial charge in [0.15, 0.2) is 0 Å². The van der Waals surface area contributed by atoms with E-state index >= 15 is 0 Å². The molecule has 0 aliphatic rings. The van der Waals surface area contributed by atoms with Crippen molar-refractivity contribution in [1.82, 2.24) is 4.72 Å². The largest absolute Gasteiger partial charge is 0.465 e. The molecule has 0 aliphatic heterocycles. The third kappa shape index (κ3) is 3.79. The van der Waals surface area contributed by atoms with E-state index in [0.717, 1.165) is 11.3 Å². The van der Waals surface area contributed by atoms with Crippen molar-refractivity contribution >= 4 is 43.3 Å². The Labute approximate surface area is 130 Å². The van der Waals surface area contributed by atoms with E-state index in [-0.39, 0.29) is 16.4 Å². The first-order valence-corrected chi connectivity index (χ1v) is 8.81. The summed E-state index contributed by atoms with van der Waals surface area (Å²) in [7, 11) is -2.62. The Balaban J connectivity index is 3.17. The number of aliphatic hydroxyl groups excluding tert-OH is 1. The lowest BCUT2D eigenvalue weighted by atomic mass is 10.0. The highest BCUT2D eigenvalue weighted by Crippen LogP contribution is 2.32. The Morgan fingerprint density at radius 2 is 2.20 bits per heavy atom. The highest BCUT2D eigenvalue weighted by atomic mass is 79.9. The van der Waals surface area contributed by atoms with Crippen LogP contribution in [0, 0.1) is 0 Å². The molecule has 0 radical (unpaired) electrons. The summed E-state index contributed by atoms with van der Waals surface area (Å²) in [6.45, 7) is 3.04. The minimum atomic E-state index is -3.85. The fourth-order valence-corrected chi connectivity index (χ4v) is 5.29. The first kappa shape index (κ1) is 17.6. The molecular weight excluding hydrogens is 370 g/mol. The number of carbonyl (C=O) groups is 1. The van der Waals surface area contributed by atoms with Gasteiger partial charge in [0.25, 0.3) is 0 Å². The maximum atomic E-state index is 12.3. The summed E-state index contributed by atoms with van der Waals surface area (Å²) in [6.07, 6.45) is 0.425. The van der Waals surface area contributed by atoms with Gasteiger partial charge in [-0.2, -0.15) is 0 Å². The Morgan fingerprint density at radius 3 is 2.65 bits per heavy atom. The van der Waals surface area contributed by atoms with Crippen LogP contribution in [0.1, 0.15) is 29.9 Å². The van der Waals surface area contributed by atoms with Gasteiger partial charge in [-0.05, 0) is 35.3 Å². The topological polar surface area (TPSA) is 92.7 Å². The molecule has 0 aromatic carbocycles. The van der Waals surface area contributed by atoms with Crippen LogP contribution in [0.15, 0.2) is 14.7 Å². The van der Waals surface area contributed by atoms with Crippen LogP contribution in [0.4, 0.5) is 0 Å². The summed E-state index contributed by atoms with van der Waals surface area (Å²) in [6, 6.07) is 1.25. The van der Waals surface area contributed by atoms with Crippen LogP contribution in [0.3, 0.4) is 0 Å². The van der Waals surface area contributed by atoms with Gasteiger partial charge in [0, 0.05) is 0 Å². The van der Waals surface area contributed by atoms with Gasteiger partial charge in [0.05, 0.1) is 23.0 Å². The molecule has 0 spiro atoms. The van der Waals surface area contributed by atoms with E-state index in [1.54, 1.807) is 13.8 Å². The Bertz CT molecular complexity index is 592. The van der Waals surface area contributed by atoms with Crippen molar-refractivity contribution in [3.8, 4) is 0 Å². The van der Waals surface area contributed by atoms with Crippen LogP contribution in [-0.4, -0.2) is 38.7 Å². The lowest BCUT2D eigenvalue weighted by Crippen LogP contribution is -2.48. The van der Waals surface area contributed by atoms with E-state index in [1.165, 1.54) is 13.2 Å². The first-order valence-electron chi connectivity index (χ1n) is 5.71. The summed E-state index contributed by atoms with van der Waals surface area (Å²) in [5, 5.41) is 9.29. The lowest BCUT2D eigenvalue weighted by molar-refractivity contribution is 0.0606. The van der Waals surface area contributed by atoms with E-state index in [0.29, 0.717) is 10.2 Å². The molecule has 0 aliphatic carbocycles. The molecule has 2 N–H and O–H groups in total. The fourth-order valence-electron chi connectivity index (χ4n) is 1.33. The molecule has 1 aromatic rings. The lowest BCUT2D eigenvalue weighted by Gasteiger charge is -2.26. The molecule has 1 aromatic heterocycles. The SMILES string of the molecule is CCC(C)(CO)NS(=O)(=O)c1cc(C(=O)OC)sc1Br. The van der Waals surface area contributed by atoms with Gasteiger partial charge in [-0.3, -0.25) is 0 Å². The molecule has 0 saturated heterocycles. The summed E-state index contributed by atoms with van der Waals surface area (Å²) < 4.78 is 31.9. The maximum Gasteiger partial charge on any atom is 0.348 e. The molecule has 6 nitrogen and oxygen atoms in total. The smallest absolute Gasteiger partial charge is 0.348 e. The fraction of sp³-hybridized carbons (Fsp3) is 0.545. The molecule has 0 fully saturated rings. The van der Waals surface area contributed by atoms with Gasteiger partial charge in [-0.25, -0.2) is 17.9 Å². The molecule has 0 bridgehead atoms. The molecule has 1 atom stereocenters. The minimum absolute atomic E-state index is 0.0453. The second-order valence-corrected chi connectivity index (χ2v) is 8.44. The van der Waals surface area contributed by atoms with Gasteiger partial charge in [0.2, 0.25) is 10.0 Å². The summed E-state index contributed by atoms with van der Waals surface area (Å²) in [5.74, 6) is -0.599. The van der Waals surface area contributed by atoms with Crippen LogP contribution in [0.25, 0.3) is 0 Å². The van der Waals surface area contributed by atoms with Gasteiger partial charge < -0.3 is 9.84 Å². The number of nitrogens with one attached hydrogen (secondary N) is 1. The Kier molecular flexibility index (Phi) is 5.73. The monoisotopic (exact) mass is 385 g/mol. The number of sulfonamides is 1. The van der Waals surface area contributed by atoms with Gasteiger partial charge in [-0.15, -0.1) is 11.3 Å². The zero-order valence-corrected chi connectivity index (χ0v) is 14.5. The summed E-state index contributed by atoms with van der Waals surface area (Å²) in [5.41, 5.74) is -0.953. The maximum absolute atomic E-state index is 12.3. The number of aliphatic hydroxyl groups is 1. The number of halogens is 1. The third-order valence-electron chi connectivity index (χ3n) is 2.84. The van der Waals surface area contributed by atoms with Gasteiger partial charge >= 0.3 is 5.97 Å². The van der Waals surface area contributed by atoms with Crippen LogP contribution < -0.4 is 4.72 Å². The average Bonchev–Trinajstić information content (AvgIpc) is 2.80. The molecular formula is C11H16BrNO5S2. The molecule has 0 amide bonds. The van der Waals surface area contributed by atoms with Crippen LogP contribution in [0.2, 0.25) is 0 Å². The third-order valence-corrected chi connectivity index (χ3v) is 6.71. The number of esters is 1.